The van der Waals surface area contributed by atoms with E-state index in [2.05, 4.69) is 25.5 Å². The molecule has 194 valence electrons. The molecule has 4 heterocycles. The minimum Gasteiger partial charge on any atom is -0.495 e. The number of hydrogen-bond donors (Lipinski definition) is 1. The molecule has 0 radical (unpaired) electrons. The number of methoxy groups -OCH3 is 1. The summed E-state index contributed by atoms with van der Waals surface area (Å²) in [6.07, 6.45) is 3.38. The predicted octanol–water partition coefficient (Wildman–Crippen LogP) is 3.95. The zero-order valence-corrected chi connectivity index (χ0v) is 21.8. The van der Waals surface area contributed by atoms with E-state index in [4.69, 9.17) is 26.1 Å². The number of aryl methyl sites for hydroxylation is 1. The van der Waals surface area contributed by atoms with Crippen LogP contribution in [0.1, 0.15) is 19.4 Å². The van der Waals surface area contributed by atoms with Gasteiger partial charge in [0.05, 0.1) is 30.3 Å². The van der Waals surface area contributed by atoms with E-state index in [0.717, 1.165) is 33.2 Å². The monoisotopic (exact) mass is 524 g/mol. The molecule has 12 heteroatoms. The number of benzene rings is 1. The molecule has 1 N–H and O–H groups in total. The smallest absolute Gasteiger partial charge is 0.409 e. The number of nitrogens with zero attached hydrogens (tertiary/aromatic N) is 7. The van der Waals surface area contributed by atoms with E-state index in [9.17, 15) is 4.79 Å². The third-order valence-corrected chi connectivity index (χ3v) is 6.76. The SMILES string of the molecule is CCOC(=O)N1CCN(c2nnc(NCc3ccc(OC)c(Cl)c3)c3c2cnc2c3cnn2CC)CC1. The van der Waals surface area contributed by atoms with E-state index < -0.39 is 0 Å². The molecule has 4 aromatic rings. The van der Waals surface area contributed by atoms with Gasteiger partial charge in [-0.15, -0.1) is 10.2 Å². The highest BCUT2D eigenvalue weighted by atomic mass is 35.5. The Labute approximate surface area is 219 Å². The lowest BCUT2D eigenvalue weighted by atomic mass is 10.1. The zero-order chi connectivity index (χ0) is 25.9. The molecule has 5 rings (SSSR count). The minimum atomic E-state index is -0.286. The van der Waals surface area contributed by atoms with Gasteiger partial charge in [-0.3, -0.25) is 0 Å². The van der Waals surface area contributed by atoms with Crippen LogP contribution in [-0.2, 0) is 17.8 Å². The lowest BCUT2D eigenvalue weighted by Crippen LogP contribution is -2.49. The normalized spacial score (nSPS) is 13.8. The number of halogens is 1. The molecule has 1 aliphatic heterocycles. The van der Waals surface area contributed by atoms with Crippen molar-refractivity contribution in [3.8, 4) is 5.75 Å². The van der Waals surface area contributed by atoms with E-state index in [0.29, 0.717) is 62.5 Å². The van der Waals surface area contributed by atoms with Crippen molar-refractivity contribution >= 4 is 51.1 Å². The summed E-state index contributed by atoms with van der Waals surface area (Å²) in [7, 11) is 1.59. The molecule has 11 nitrogen and oxygen atoms in total. The van der Waals surface area contributed by atoms with Gasteiger partial charge in [0.1, 0.15) is 5.75 Å². The number of rotatable bonds is 7. The van der Waals surface area contributed by atoms with Crippen LogP contribution in [0.4, 0.5) is 16.4 Å². The second kappa shape index (κ2) is 10.6. The average Bonchev–Trinajstić information content (AvgIpc) is 3.35. The van der Waals surface area contributed by atoms with E-state index >= 15 is 0 Å². The van der Waals surface area contributed by atoms with Gasteiger partial charge in [-0.1, -0.05) is 17.7 Å². The molecule has 1 aliphatic rings. The fourth-order valence-corrected chi connectivity index (χ4v) is 4.84. The first-order chi connectivity index (χ1) is 18.0. The van der Waals surface area contributed by atoms with Crippen LogP contribution in [0.25, 0.3) is 21.8 Å². The number of piperazine rings is 1. The van der Waals surface area contributed by atoms with Gasteiger partial charge >= 0.3 is 6.09 Å². The summed E-state index contributed by atoms with van der Waals surface area (Å²) in [5, 5.41) is 20.4. The van der Waals surface area contributed by atoms with E-state index in [1.54, 1.807) is 12.0 Å². The third-order valence-electron chi connectivity index (χ3n) is 6.47. The van der Waals surface area contributed by atoms with Crippen molar-refractivity contribution in [3.63, 3.8) is 0 Å². The molecule has 0 unspecified atom stereocenters. The van der Waals surface area contributed by atoms with Crippen LogP contribution in [0.15, 0.2) is 30.6 Å². The topological polar surface area (TPSA) is 111 Å². The number of pyridine rings is 1. The fourth-order valence-electron chi connectivity index (χ4n) is 4.56. The van der Waals surface area contributed by atoms with Gasteiger partial charge < -0.3 is 24.6 Å². The van der Waals surface area contributed by atoms with Crippen LogP contribution in [0.2, 0.25) is 5.02 Å². The lowest BCUT2D eigenvalue weighted by molar-refractivity contribution is 0.105. The standard InChI is InChI=1S/C25H29ClN8O3/c1-4-34-23-18(15-29-34)21-17(14-28-23)24(32-8-10-33(11-9-32)25(35)37-5-2)31-30-22(21)27-13-16-6-7-20(36-3)19(26)12-16/h6-7,12,14-15H,4-5,8-11,13H2,1-3H3,(H,27,30). The maximum absolute atomic E-state index is 12.1. The molecule has 3 aromatic heterocycles. The average molecular weight is 525 g/mol. The van der Waals surface area contributed by atoms with Crippen molar-refractivity contribution in [1.82, 2.24) is 29.9 Å². The van der Waals surface area contributed by atoms with Crippen molar-refractivity contribution in [3.05, 3.63) is 41.2 Å². The summed E-state index contributed by atoms with van der Waals surface area (Å²) in [6.45, 7) is 7.73. The molecule has 0 spiro atoms. The Bertz CT molecular complexity index is 1430. The van der Waals surface area contributed by atoms with E-state index in [1.807, 2.05) is 49.1 Å². The molecular weight excluding hydrogens is 496 g/mol. The second-order valence-corrected chi connectivity index (χ2v) is 9.02. The number of ether oxygens (including phenoxy) is 2. The Morgan fingerprint density at radius 1 is 1.11 bits per heavy atom. The Kier molecular flexibility index (Phi) is 7.13. The first-order valence-electron chi connectivity index (χ1n) is 12.3. The van der Waals surface area contributed by atoms with Crippen molar-refractivity contribution in [2.24, 2.45) is 0 Å². The van der Waals surface area contributed by atoms with Crippen LogP contribution in [0, 0.1) is 0 Å². The first kappa shape index (κ1) is 24.8. The molecule has 1 fully saturated rings. The number of fused-ring (bicyclic) bond motifs is 3. The molecule has 37 heavy (non-hydrogen) atoms. The van der Waals surface area contributed by atoms with Gasteiger partial charge in [0.25, 0.3) is 0 Å². The Morgan fingerprint density at radius 2 is 1.92 bits per heavy atom. The second-order valence-electron chi connectivity index (χ2n) is 8.61. The number of nitrogens with one attached hydrogen (secondary N) is 1. The van der Waals surface area contributed by atoms with Gasteiger partial charge in [-0.05, 0) is 31.5 Å². The van der Waals surface area contributed by atoms with Crippen LogP contribution < -0.4 is 15.0 Å². The van der Waals surface area contributed by atoms with Gasteiger partial charge in [0.2, 0.25) is 0 Å². The molecule has 1 aromatic carbocycles. The lowest BCUT2D eigenvalue weighted by Gasteiger charge is -2.35. The van der Waals surface area contributed by atoms with Gasteiger partial charge in [0, 0.05) is 56.2 Å². The quantitative estimate of drug-likeness (QED) is 0.384. The van der Waals surface area contributed by atoms with Crippen LogP contribution in [-0.4, -0.2) is 75.9 Å². The number of amides is 1. The van der Waals surface area contributed by atoms with Crippen molar-refractivity contribution in [2.45, 2.75) is 26.9 Å². The van der Waals surface area contributed by atoms with Crippen molar-refractivity contribution < 1.29 is 14.3 Å². The highest BCUT2D eigenvalue weighted by Gasteiger charge is 2.26. The Morgan fingerprint density at radius 3 is 2.62 bits per heavy atom. The van der Waals surface area contributed by atoms with Crippen molar-refractivity contribution in [1.29, 1.82) is 0 Å². The van der Waals surface area contributed by atoms with Crippen LogP contribution in [0.3, 0.4) is 0 Å². The first-order valence-corrected chi connectivity index (χ1v) is 12.7. The van der Waals surface area contributed by atoms with Crippen LogP contribution in [0.5, 0.6) is 5.75 Å². The third kappa shape index (κ3) is 4.78. The molecule has 0 saturated carbocycles. The minimum absolute atomic E-state index is 0.286. The number of aromatic nitrogens is 5. The van der Waals surface area contributed by atoms with Crippen LogP contribution >= 0.6 is 11.6 Å². The summed E-state index contributed by atoms with van der Waals surface area (Å²) in [6, 6.07) is 5.67. The Hall–Kier alpha value is -3.86. The zero-order valence-electron chi connectivity index (χ0n) is 21.1. The molecule has 1 amide bonds. The highest BCUT2D eigenvalue weighted by Crippen LogP contribution is 2.34. The molecule has 0 aliphatic carbocycles. The largest absolute Gasteiger partial charge is 0.495 e. The maximum Gasteiger partial charge on any atom is 0.409 e. The summed E-state index contributed by atoms with van der Waals surface area (Å²) in [5.41, 5.74) is 1.77. The maximum atomic E-state index is 12.1. The molecule has 0 atom stereocenters. The van der Waals surface area contributed by atoms with Gasteiger partial charge in [-0.25, -0.2) is 14.5 Å². The van der Waals surface area contributed by atoms with Crippen molar-refractivity contribution in [2.75, 3.05) is 50.1 Å². The fraction of sp³-hybridized carbons (Fsp3) is 0.400. The molecular formula is C25H29ClN8O3. The molecule has 1 saturated heterocycles. The van der Waals surface area contributed by atoms with Gasteiger partial charge in [0.15, 0.2) is 17.3 Å². The Balaban J connectivity index is 1.49. The number of hydrogen-bond acceptors (Lipinski definition) is 9. The number of carbonyl (C=O) groups excluding carboxylic acids is 1. The summed E-state index contributed by atoms with van der Waals surface area (Å²) in [5.74, 6) is 2.00. The predicted molar refractivity (Wildman–Crippen MR) is 142 cm³/mol. The number of anilines is 2. The van der Waals surface area contributed by atoms with E-state index in [-0.39, 0.29) is 6.09 Å². The molecule has 0 bridgehead atoms. The summed E-state index contributed by atoms with van der Waals surface area (Å²) < 4.78 is 12.3. The summed E-state index contributed by atoms with van der Waals surface area (Å²) in [4.78, 5) is 20.7. The highest BCUT2D eigenvalue weighted by molar-refractivity contribution is 6.32. The number of carbonyl (C=O) groups is 1. The van der Waals surface area contributed by atoms with Gasteiger partial charge in [-0.2, -0.15) is 5.10 Å². The summed E-state index contributed by atoms with van der Waals surface area (Å²) >= 11 is 6.32. The van der Waals surface area contributed by atoms with E-state index in [1.165, 1.54) is 0 Å².